The van der Waals surface area contributed by atoms with Gasteiger partial charge in [-0.15, -0.1) is 0 Å². The number of nitrogen functional groups attached to an aromatic ring is 1. The highest BCUT2D eigenvalue weighted by Crippen LogP contribution is 2.28. The van der Waals surface area contributed by atoms with Gasteiger partial charge in [0, 0.05) is 19.6 Å². The summed E-state index contributed by atoms with van der Waals surface area (Å²) in [5.41, 5.74) is 5.91. The zero-order valence-corrected chi connectivity index (χ0v) is 13.6. The number of anilines is 2. The van der Waals surface area contributed by atoms with Crippen molar-refractivity contribution in [1.82, 2.24) is 15.2 Å². The lowest BCUT2D eigenvalue weighted by molar-refractivity contribution is 0.0680. The standard InChI is InChI=1S/C14H25N5OS/c1-3-6-17-14-18-12(15)11(21-14)13(20)19-7-4-5-10(9-19)8-16-2/h10,16H,3-9,15H2,1-2H3,(H,17,18). The molecule has 0 spiro atoms. The molecule has 6 nitrogen and oxygen atoms in total. The van der Waals surface area contributed by atoms with Crippen molar-refractivity contribution in [3.63, 3.8) is 0 Å². The number of thiazole rings is 1. The smallest absolute Gasteiger partial charge is 0.267 e. The van der Waals surface area contributed by atoms with Gasteiger partial charge >= 0.3 is 0 Å². The van der Waals surface area contributed by atoms with E-state index in [4.69, 9.17) is 5.73 Å². The summed E-state index contributed by atoms with van der Waals surface area (Å²) >= 11 is 1.36. The Morgan fingerprint density at radius 3 is 3.10 bits per heavy atom. The van der Waals surface area contributed by atoms with E-state index in [0.29, 0.717) is 16.6 Å². The molecule has 2 heterocycles. The number of nitrogens with one attached hydrogen (secondary N) is 2. The van der Waals surface area contributed by atoms with Crippen molar-refractivity contribution in [2.24, 2.45) is 5.92 Å². The van der Waals surface area contributed by atoms with Crippen molar-refractivity contribution in [2.45, 2.75) is 26.2 Å². The molecule has 1 aliphatic heterocycles. The molecule has 0 aliphatic carbocycles. The van der Waals surface area contributed by atoms with Crippen LogP contribution in [0, 0.1) is 5.92 Å². The molecule has 1 saturated heterocycles. The van der Waals surface area contributed by atoms with Crippen molar-refractivity contribution in [2.75, 3.05) is 44.3 Å². The number of amides is 1. The Morgan fingerprint density at radius 1 is 1.57 bits per heavy atom. The van der Waals surface area contributed by atoms with Gasteiger partial charge < -0.3 is 21.3 Å². The molecule has 0 aromatic carbocycles. The molecule has 1 atom stereocenters. The molecular formula is C14H25N5OS. The highest BCUT2D eigenvalue weighted by Gasteiger charge is 2.27. The van der Waals surface area contributed by atoms with Crippen LogP contribution in [-0.2, 0) is 0 Å². The number of likely N-dealkylation sites (tertiary alicyclic amines) is 1. The van der Waals surface area contributed by atoms with Crippen LogP contribution >= 0.6 is 11.3 Å². The zero-order chi connectivity index (χ0) is 15.2. The highest BCUT2D eigenvalue weighted by atomic mass is 32.1. The summed E-state index contributed by atoms with van der Waals surface area (Å²) in [6.07, 6.45) is 3.24. The van der Waals surface area contributed by atoms with Gasteiger partial charge in [-0.1, -0.05) is 18.3 Å². The molecule has 118 valence electrons. The lowest BCUT2D eigenvalue weighted by atomic mass is 9.98. The van der Waals surface area contributed by atoms with Crippen molar-refractivity contribution in [1.29, 1.82) is 0 Å². The number of aromatic nitrogens is 1. The molecule has 1 aromatic heterocycles. The van der Waals surface area contributed by atoms with Gasteiger partial charge in [-0.3, -0.25) is 4.79 Å². The van der Waals surface area contributed by atoms with Gasteiger partial charge in [0.2, 0.25) is 0 Å². The fourth-order valence-corrected chi connectivity index (χ4v) is 3.52. The van der Waals surface area contributed by atoms with Gasteiger partial charge in [0.25, 0.3) is 5.91 Å². The average molecular weight is 311 g/mol. The Hall–Kier alpha value is -1.34. The molecular weight excluding hydrogens is 286 g/mol. The molecule has 1 unspecified atom stereocenters. The maximum absolute atomic E-state index is 12.6. The third-order valence-electron chi connectivity index (χ3n) is 3.67. The number of carbonyl (C=O) groups is 1. The van der Waals surface area contributed by atoms with Crippen LogP contribution in [0.5, 0.6) is 0 Å². The Bertz CT molecular complexity index is 474. The van der Waals surface area contributed by atoms with Gasteiger partial charge in [-0.25, -0.2) is 4.98 Å². The van der Waals surface area contributed by atoms with E-state index in [9.17, 15) is 4.79 Å². The number of nitrogens with zero attached hydrogens (tertiary/aromatic N) is 2. The Morgan fingerprint density at radius 2 is 2.38 bits per heavy atom. The second-order valence-corrected chi connectivity index (χ2v) is 6.48. The molecule has 0 radical (unpaired) electrons. The molecule has 4 N–H and O–H groups in total. The van der Waals surface area contributed by atoms with E-state index in [1.54, 1.807) is 0 Å². The first-order valence-electron chi connectivity index (χ1n) is 7.59. The Kier molecular flexibility index (Phi) is 5.81. The summed E-state index contributed by atoms with van der Waals surface area (Å²) in [5.74, 6) is 0.897. The summed E-state index contributed by atoms with van der Waals surface area (Å²) in [5, 5.41) is 7.12. The minimum atomic E-state index is 0.0235. The van der Waals surface area contributed by atoms with E-state index in [1.807, 2.05) is 11.9 Å². The van der Waals surface area contributed by atoms with Crippen LogP contribution in [0.1, 0.15) is 35.9 Å². The number of carbonyl (C=O) groups excluding carboxylic acids is 1. The second kappa shape index (κ2) is 7.61. The third-order valence-corrected chi connectivity index (χ3v) is 4.69. The van der Waals surface area contributed by atoms with E-state index in [-0.39, 0.29) is 5.91 Å². The van der Waals surface area contributed by atoms with Crippen LogP contribution in [0.25, 0.3) is 0 Å². The zero-order valence-electron chi connectivity index (χ0n) is 12.8. The number of rotatable bonds is 6. The molecule has 1 aliphatic rings. The van der Waals surface area contributed by atoms with Crippen molar-refractivity contribution < 1.29 is 4.79 Å². The number of hydrogen-bond donors (Lipinski definition) is 3. The Labute approximate surface area is 130 Å². The van der Waals surface area contributed by atoms with E-state index in [2.05, 4.69) is 22.5 Å². The van der Waals surface area contributed by atoms with Crippen LogP contribution in [0.3, 0.4) is 0 Å². The van der Waals surface area contributed by atoms with E-state index < -0.39 is 0 Å². The molecule has 1 aromatic rings. The molecule has 7 heteroatoms. The predicted molar refractivity (Wildman–Crippen MR) is 87.9 cm³/mol. The summed E-state index contributed by atoms with van der Waals surface area (Å²) in [4.78, 5) is 19.4. The first-order valence-corrected chi connectivity index (χ1v) is 8.41. The first-order chi connectivity index (χ1) is 10.2. The van der Waals surface area contributed by atoms with Gasteiger partial charge in [-0.05, 0) is 38.8 Å². The number of hydrogen-bond acceptors (Lipinski definition) is 6. The maximum Gasteiger partial charge on any atom is 0.267 e. The average Bonchev–Trinajstić information content (AvgIpc) is 2.86. The van der Waals surface area contributed by atoms with Crippen LogP contribution in [0.2, 0.25) is 0 Å². The summed E-state index contributed by atoms with van der Waals surface area (Å²) in [7, 11) is 1.95. The molecule has 1 fully saturated rings. The van der Waals surface area contributed by atoms with Crippen molar-refractivity contribution in [3.8, 4) is 0 Å². The van der Waals surface area contributed by atoms with Gasteiger partial charge in [-0.2, -0.15) is 0 Å². The molecule has 2 rings (SSSR count). The third kappa shape index (κ3) is 4.07. The lowest BCUT2D eigenvalue weighted by Crippen LogP contribution is -2.42. The number of piperidine rings is 1. The topological polar surface area (TPSA) is 83.3 Å². The molecule has 0 bridgehead atoms. The first kappa shape index (κ1) is 16.0. The second-order valence-electron chi connectivity index (χ2n) is 5.48. The van der Waals surface area contributed by atoms with Gasteiger partial charge in [0.1, 0.15) is 10.7 Å². The minimum absolute atomic E-state index is 0.0235. The highest BCUT2D eigenvalue weighted by molar-refractivity contribution is 7.18. The van der Waals surface area contributed by atoms with E-state index in [1.165, 1.54) is 17.8 Å². The summed E-state index contributed by atoms with van der Waals surface area (Å²) < 4.78 is 0. The largest absolute Gasteiger partial charge is 0.382 e. The Balaban J connectivity index is 2.03. The van der Waals surface area contributed by atoms with Crippen molar-refractivity contribution in [3.05, 3.63) is 4.88 Å². The molecule has 21 heavy (non-hydrogen) atoms. The summed E-state index contributed by atoms with van der Waals surface area (Å²) in [6, 6.07) is 0. The fraction of sp³-hybridized carbons (Fsp3) is 0.714. The SMILES string of the molecule is CCCNc1nc(N)c(C(=O)N2CCCC(CNC)C2)s1. The van der Waals surface area contributed by atoms with E-state index in [0.717, 1.165) is 44.2 Å². The monoisotopic (exact) mass is 311 g/mol. The predicted octanol–water partition coefficient (Wildman–Crippen LogP) is 1.62. The summed E-state index contributed by atoms with van der Waals surface area (Å²) in [6.45, 7) is 5.49. The molecule has 1 amide bonds. The van der Waals surface area contributed by atoms with E-state index >= 15 is 0 Å². The van der Waals surface area contributed by atoms with Crippen LogP contribution in [0.4, 0.5) is 10.9 Å². The number of nitrogens with two attached hydrogens (primary N) is 1. The van der Waals surface area contributed by atoms with Gasteiger partial charge in [0.05, 0.1) is 0 Å². The van der Waals surface area contributed by atoms with Crippen LogP contribution < -0.4 is 16.4 Å². The van der Waals surface area contributed by atoms with Gasteiger partial charge in [0.15, 0.2) is 5.13 Å². The lowest BCUT2D eigenvalue weighted by Gasteiger charge is -2.32. The normalized spacial score (nSPS) is 18.8. The fourth-order valence-electron chi connectivity index (χ4n) is 2.64. The van der Waals surface area contributed by atoms with Crippen LogP contribution in [-0.4, -0.2) is 49.0 Å². The maximum atomic E-state index is 12.6. The quantitative estimate of drug-likeness (QED) is 0.743. The van der Waals surface area contributed by atoms with Crippen molar-refractivity contribution >= 4 is 28.2 Å². The minimum Gasteiger partial charge on any atom is -0.382 e. The van der Waals surface area contributed by atoms with Crippen LogP contribution in [0.15, 0.2) is 0 Å². The molecule has 0 saturated carbocycles.